The highest BCUT2D eigenvalue weighted by atomic mass is 16.1. The third-order valence-corrected chi connectivity index (χ3v) is 8.58. The van der Waals surface area contributed by atoms with Crippen LogP contribution in [0.15, 0.2) is 36.0 Å². The Balaban J connectivity index is 1.51. The summed E-state index contributed by atoms with van der Waals surface area (Å²) in [5.41, 5.74) is 3.14. The monoisotopic (exact) mass is 336 g/mol. The van der Waals surface area contributed by atoms with Crippen molar-refractivity contribution >= 4 is 5.78 Å². The van der Waals surface area contributed by atoms with Crippen LogP contribution in [-0.4, -0.2) is 5.78 Å². The predicted molar refractivity (Wildman–Crippen MR) is 102 cm³/mol. The van der Waals surface area contributed by atoms with E-state index >= 15 is 0 Å². The summed E-state index contributed by atoms with van der Waals surface area (Å²) >= 11 is 0. The third-order valence-electron chi connectivity index (χ3n) is 8.58. The Morgan fingerprint density at radius 2 is 2.00 bits per heavy atom. The van der Waals surface area contributed by atoms with E-state index in [9.17, 15) is 4.79 Å². The third kappa shape index (κ3) is 2.53. The van der Waals surface area contributed by atoms with E-state index in [4.69, 9.17) is 0 Å². The second-order valence-corrected chi connectivity index (χ2v) is 9.98. The number of hydrogen-bond acceptors (Lipinski definition) is 1. The molecule has 7 unspecified atom stereocenters. The van der Waals surface area contributed by atoms with Gasteiger partial charge in [-0.05, 0) is 104 Å². The van der Waals surface area contributed by atoms with Gasteiger partial charge in [0.05, 0.1) is 0 Å². The minimum atomic E-state index is 0.335. The van der Waals surface area contributed by atoms with Crippen molar-refractivity contribution in [3.05, 3.63) is 36.0 Å². The fourth-order valence-corrected chi connectivity index (χ4v) is 7.35. The molecule has 0 aromatic carbocycles. The van der Waals surface area contributed by atoms with Crippen LogP contribution >= 0.6 is 0 Å². The van der Waals surface area contributed by atoms with Crippen molar-refractivity contribution in [1.82, 2.24) is 0 Å². The van der Waals surface area contributed by atoms with Crippen LogP contribution in [-0.2, 0) is 4.79 Å². The maximum Gasteiger partial charge on any atom is 0.156 e. The van der Waals surface area contributed by atoms with Crippen molar-refractivity contribution in [2.45, 2.75) is 64.7 Å². The first-order valence-corrected chi connectivity index (χ1v) is 10.6. The van der Waals surface area contributed by atoms with Gasteiger partial charge in [0.25, 0.3) is 0 Å². The Hall–Kier alpha value is -1.11. The summed E-state index contributed by atoms with van der Waals surface area (Å²) in [6.45, 7) is 7.04. The summed E-state index contributed by atoms with van der Waals surface area (Å²) in [6.07, 6.45) is 18.2. The Bertz CT molecular complexity index is 668. The molecule has 0 bridgehead atoms. The first-order chi connectivity index (χ1) is 12.1. The minimum Gasteiger partial charge on any atom is -0.295 e. The molecule has 7 atom stereocenters. The summed E-state index contributed by atoms with van der Waals surface area (Å²) in [5, 5.41) is 0. The molecule has 25 heavy (non-hydrogen) atoms. The van der Waals surface area contributed by atoms with Crippen molar-refractivity contribution in [3.8, 4) is 0 Å². The number of rotatable bonds is 0. The average molecular weight is 337 g/mol. The van der Waals surface area contributed by atoms with Gasteiger partial charge in [-0.3, -0.25) is 4.79 Å². The normalized spacial score (nSPS) is 50.0. The Kier molecular flexibility index (Phi) is 3.67. The van der Waals surface area contributed by atoms with E-state index in [-0.39, 0.29) is 0 Å². The molecule has 3 saturated carbocycles. The van der Waals surface area contributed by atoms with Gasteiger partial charge in [0, 0.05) is 6.42 Å². The molecule has 0 spiro atoms. The molecule has 0 aliphatic heterocycles. The number of ketones is 1. The highest BCUT2D eigenvalue weighted by molar-refractivity contribution is 5.92. The molecule has 5 rings (SSSR count). The molecule has 0 N–H and O–H groups in total. The van der Waals surface area contributed by atoms with Crippen molar-refractivity contribution in [1.29, 1.82) is 0 Å². The van der Waals surface area contributed by atoms with Crippen LogP contribution in [0.2, 0.25) is 0 Å². The zero-order valence-corrected chi connectivity index (χ0v) is 15.7. The van der Waals surface area contributed by atoms with Crippen molar-refractivity contribution in [2.75, 3.05) is 0 Å². The van der Waals surface area contributed by atoms with Gasteiger partial charge >= 0.3 is 0 Å². The van der Waals surface area contributed by atoms with Gasteiger partial charge in [-0.1, -0.05) is 31.2 Å². The topological polar surface area (TPSA) is 17.1 Å². The first-order valence-electron chi connectivity index (χ1n) is 10.6. The quantitative estimate of drug-likeness (QED) is 0.505. The molecule has 0 aromatic heterocycles. The van der Waals surface area contributed by atoms with E-state index < -0.39 is 0 Å². The maximum absolute atomic E-state index is 12.0. The second kappa shape index (κ2) is 5.69. The summed E-state index contributed by atoms with van der Waals surface area (Å²) in [5.74, 6) is 5.45. The molecular formula is C24H32O. The van der Waals surface area contributed by atoms with Crippen LogP contribution in [0.1, 0.15) is 64.7 Å². The number of carbonyl (C=O) groups excluding carboxylic acids is 1. The van der Waals surface area contributed by atoms with Gasteiger partial charge in [-0.15, -0.1) is 0 Å². The largest absolute Gasteiger partial charge is 0.295 e. The highest BCUT2D eigenvalue weighted by Gasteiger charge is 2.58. The Morgan fingerprint density at radius 3 is 2.88 bits per heavy atom. The van der Waals surface area contributed by atoms with Gasteiger partial charge in [-0.25, -0.2) is 0 Å². The lowest BCUT2D eigenvalue weighted by Gasteiger charge is -2.55. The molecule has 0 aromatic rings. The molecule has 0 heterocycles. The van der Waals surface area contributed by atoms with Crippen LogP contribution in [0.4, 0.5) is 0 Å². The molecule has 0 amide bonds. The number of fused-ring (bicyclic) bond motifs is 7. The fraction of sp³-hybridized carbons (Fsp3) is 0.708. The number of carbonyl (C=O) groups is 1. The SMILES string of the molecule is C=C1CC2C(CCC3(C)C/C=C\CCC4CC4C23)C2CCC(=O)C=C12. The van der Waals surface area contributed by atoms with Gasteiger partial charge in [0.2, 0.25) is 0 Å². The second-order valence-electron chi connectivity index (χ2n) is 9.98. The van der Waals surface area contributed by atoms with E-state index in [0.29, 0.717) is 17.1 Å². The molecule has 5 aliphatic carbocycles. The predicted octanol–water partition coefficient (Wildman–Crippen LogP) is 5.88. The maximum atomic E-state index is 12.0. The van der Waals surface area contributed by atoms with Crippen molar-refractivity contribution < 1.29 is 4.79 Å². The van der Waals surface area contributed by atoms with Crippen LogP contribution in [0.25, 0.3) is 0 Å². The van der Waals surface area contributed by atoms with Crippen molar-refractivity contribution in [3.63, 3.8) is 0 Å². The van der Waals surface area contributed by atoms with Crippen LogP contribution in [0.5, 0.6) is 0 Å². The van der Waals surface area contributed by atoms with Crippen LogP contribution < -0.4 is 0 Å². The molecule has 5 aliphatic rings. The molecule has 0 saturated heterocycles. The zero-order chi connectivity index (χ0) is 17.2. The average Bonchev–Trinajstić information content (AvgIpc) is 3.32. The summed E-state index contributed by atoms with van der Waals surface area (Å²) < 4.78 is 0. The molecule has 1 nitrogen and oxygen atoms in total. The molecule has 0 radical (unpaired) electrons. The minimum absolute atomic E-state index is 0.335. The molecule has 1 heteroatoms. The Morgan fingerprint density at radius 1 is 1.12 bits per heavy atom. The van der Waals surface area contributed by atoms with Gasteiger partial charge in [0.15, 0.2) is 5.78 Å². The van der Waals surface area contributed by atoms with Gasteiger partial charge < -0.3 is 0 Å². The standard InChI is InChI=1S/C24H32O/c1-15-12-22-19(18-8-7-17(25)14-20(15)18)9-11-24(2)10-5-3-4-6-16-13-21(16)23(22)24/h3,5,14,16,18-19,21-23H,1,4,6-13H2,2H3/b5-3-. The van der Waals surface area contributed by atoms with E-state index in [1.807, 2.05) is 6.08 Å². The van der Waals surface area contributed by atoms with E-state index in [1.54, 1.807) is 0 Å². The van der Waals surface area contributed by atoms with Gasteiger partial charge in [0.1, 0.15) is 0 Å². The van der Waals surface area contributed by atoms with E-state index in [2.05, 4.69) is 25.7 Å². The van der Waals surface area contributed by atoms with Crippen LogP contribution in [0, 0.1) is 40.9 Å². The summed E-state index contributed by atoms with van der Waals surface area (Å²) in [7, 11) is 0. The molecular weight excluding hydrogens is 304 g/mol. The van der Waals surface area contributed by atoms with Crippen molar-refractivity contribution in [2.24, 2.45) is 40.9 Å². The van der Waals surface area contributed by atoms with E-state index in [0.717, 1.165) is 48.9 Å². The van der Waals surface area contributed by atoms with Crippen LogP contribution in [0.3, 0.4) is 0 Å². The van der Waals surface area contributed by atoms with Gasteiger partial charge in [-0.2, -0.15) is 0 Å². The first kappa shape index (κ1) is 16.1. The lowest BCUT2D eigenvalue weighted by molar-refractivity contribution is -0.116. The number of allylic oxidation sites excluding steroid dienone is 5. The van der Waals surface area contributed by atoms with E-state index in [1.165, 1.54) is 49.7 Å². The highest BCUT2D eigenvalue weighted by Crippen LogP contribution is 2.66. The Labute approximate surface area is 152 Å². The number of hydrogen-bond donors (Lipinski definition) is 0. The summed E-state index contributed by atoms with van der Waals surface area (Å²) in [4.78, 5) is 12.0. The smallest absolute Gasteiger partial charge is 0.156 e. The zero-order valence-electron chi connectivity index (χ0n) is 15.7. The molecule has 134 valence electrons. The molecule has 3 fully saturated rings. The lowest BCUT2D eigenvalue weighted by atomic mass is 9.49. The fourth-order valence-electron chi connectivity index (χ4n) is 7.35. The summed E-state index contributed by atoms with van der Waals surface area (Å²) in [6, 6.07) is 0. The lowest BCUT2D eigenvalue weighted by Crippen LogP contribution is -2.48.